The summed E-state index contributed by atoms with van der Waals surface area (Å²) in [4.78, 5) is 53.1. The Bertz CT molecular complexity index is 886. The van der Waals surface area contributed by atoms with Gasteiger partial charge in [0.2, 0.25) is 11.8 Å². The lowest BCUT2D eigenvalue weighted by atomic mass is 10.0. The highest BCUT2D eigenvalue weighted by molar-refractivity contribution is 6.24. The van der Waals surface area contributed by atoms with Crippen LogP contribution < -0.4 is 10.6 Å². The Hall–Kier alpha value is -2.58. The standard InChI is InChI=1S/C20H22N4O4/c25-16-7-6-15(18(26)22-16)24-19(27)14-3-1-2-11(17(14)20(24)28)8-23-9-12-4-5-13(10-23)21-12/h1-3,12-13,15,21H,4-10H2,(H,22,25,26). The van der Waals surface area contributed by atoms with Crippen molar-refractivity contribution in [1.82, 2.24) is 20.4 Å². The fraction of sp³-hybridized carbons (Fsp3) is 0.500. The predicted molar refractivity (Wildman–Crippen MR) is 98.3 cm³/mol. The Labute approximate surface area is 162 Å². The fourth-order valence-corrected chi connectivity index (χ4v) is 4.97. The molecule has 4 heterocycles. The lowest BCUT2D eigenvalue weighted by Gasteiger charge is -2.33. The van der Waals surface area contributed by atoms with Crippen LogP contribution in [-0.4, -0.2) is 64.6 Å². The molecule has 3 atom stereocenters. The van der Waals surface area contributed by atoms with Gasteiger partial charge >= 0.3 is 0 Å². The van der Waals surface area contributed by atoms with Crippen molar-refractivity contribution in [2.24, 2.45) is 0 Å². The van der Waals surface area contributed by atoms with Crippen LogP contribution in [0.2, 0.25) is 0 Å². The van der Waals surface area contributed by atoms with E-state index in [9.17, 15) is 19.2 Å². The number of nitrogens with one attached hydrogen (secondary N) is 2. The van der Waals surface area contributed by atoms with Gasteiger partial charge in [-0.3, -0.25) is 34.3 Å². The summed E-state index contributed by atoms with van der Waals surface area (Å²) in [6, 6.07) is 5.40. The molecular formula is C20H22N4O4. The number of piperidine rings is 1. The first-order valence-electron chi connectivity index (χ1n) is 9.83. The van der Waals surface area contributed by atoms with Crippen molar-refractivity contribution in [3.8, 4) is 0 Å². The van der Waals surface area contributed by atoms with Gasteiger partial charge in [0.05, 0.1) is 11.1 Å². The lowest BCUT2D eigenvalue weighted by Crippen LogP contribution is -2.54. The van der Waals surface area contributed by atoms with Crippen molar-refractivity contribution in [3.05, 3.63) is 34.9 Å². The van der Waals surface area contributed by atoms with Gasteiger partial charge in [-0.2, -0.15) is 0 Å². The molecule has 5 rings (SSSR count). The van der Waals surface area contributed by atoms with Gasteiger partial charge in [-0.25, -0.2) is 0 Å². The number of benzene rings is 1. The number of likely N-dealkylation sites (tertiary alicyclic amines) is 1. The van der Waals surface area contributed by atoms with E-state index in [0.717, 1.165) is 23.6 Å². The maximum Gasteiger partial charge on any atom is 0.262 e. The molecule has 8 nitrogen and oxygen atoms in total. The van der Waals surface area contributed by atoms with Crippen LogP contribution in [0.25, 0.3) is 0 Å². The zero-order valence-electron chi connectivity index (χ0n) is 15.4. The number of fused-ring (bicyclic) bond motifs is 3. The molecule has 8 heteroatoms. The molecule has 1 aromatic rings. The summed E-state index contributed by atoms with van der Waals surface area (Å²) in [5, 5.41) is 5.82. The van der Waals surface area contributed by atoms with E-state index in [2.05, 4.69) is 15.5 Å². The van der Waals surface area contributed by atoms with Gasteiger partial charge in [-0.15, -0.1) is 0 Å². The van der Waals surface area contributed by atoms with E-state index < -0.39 is 23.8 Å². The Morgan fingerprint density at radius 2 is 1.71 bits per heavy atom. The van der Waals surface area contributed by atoms with E-state index in [0.29, 0.717) is 29.8 Å². The zero-order chi connectivity index (χ0) is 19.4. The van der Waals surface area contributed by atoms with Gasteiger partial charge in [0.15, 0.2) is 0 Å². The van der Waals surface area contributed by atoms with Gasteiger partial charge < -0.3 is 5.32 Å². The molecule has 0 radical (unpaired) electrons. The minimum absolute atomic E-state index is 0.125. The van der Waals surface area contributed by atoms with Crippen molar-refractivity contribution in [1.29, 1.82) is 0 Å². The van der Waals surface area contributed by atoms with E-state index in [1.54, 1.807) is 12.1 Å². The third-order valence-corrected chi connectivity index (χ3v) is 6.24. The van der Waals surface area contributed by atoms with E-state index in [1.165, 1.54) is 12.8 Å². The molecular weight excluding hydrogens is 360 g/mol. The molecule has 2 bridgehead atoms. The maximum atomic E-state index is 13.1. The summed E-state index contributed by atoms with van der Waals surface area (Å²) < 4.78 is 0. The SMILES string of the molecule is O=C1CCC(N2C(=O)c3cccc(CN4CC5CCC(C4)N5)c3C2=O)C(=O)N1. The van der Waals surface area contributed by atoms with Crippen molar-refractivity contribution >= 4 is 23.6 Å². The largest absolute Gasteiger partial charge is 0.309 e. The van der Waals surface area contributed by atoms with E-state index in [1.807, 2.05) is 6.07 Å². The Kier molecular flexibility index (Phi) is 4.06. The molecule has 28 heavy (non-hydrogen) atoms. The summed E-state index contributed by atoms with van der Waals surface area (Å²) in [5.74, 6) is -1.82. The first-order chi connectivity index (χ1) is 13.5. The smallest absolute Gasteiger partial charge is 0.262 e. The molecule has 1 aromatic carbocycles. The second-order valence-corrected chi connectivity index (χ2v) is 8.12. The molecule has 0 spiro atoms. The highest BCUT2D eigenvalue weighted by Crippen LogP contribution is 2.31. The molecule has 3 fully saturated rings. The minimum atomic E-state index is -0.923. The topological polar surface area (TPSA) is 98.8 Å². The van der Waals surface area contributed by atoms with Crippen LogP contribution in [0.3, 0.4) is 0 Å². The highest BCUT2D eigenvalue weighted by Gasteiger charge is 2.45. The number of carbonyl (C=O) groups is 4. The lowest BCUT2D eigenvalue weighted by molar-refractivity contribution is -0.136. The van der Waals surface area contributed by atoms with Crippen molar-refractivity contribution in [2.75, 3.05) is 13.1 Å². The van der Waals surface area contributed by atoms with Crippen LogP contribution in [0.15, 0.2) is 18.2 Å². The van der Waals surface area contributed by atoms with Crippen molar-refractivity contribution < 1.29 is 19.2 Å². The normalized spacial score (nSPS) is 30.0. The zero-order valence-corrected chi connectivity index (χ0v) is 15.4. The van der Waals surface area contributed by atoms with Gasteiger partial charge in [0, 0.05) is 38.1 Å². The first kappa shape index (κ1) is 17.5. The van der Waals surface area contributed by atoms with E-state index >= 15 is 0 Å². The molecule has 0 aliphatic carbocycles. The number of amides is 4. The van der Waals surface area contributed by atoms with Gasteiger partial charge in [-0.1, -0.05) is 12.1 Å². The van der Waals surface area contributed by atoms with Gasteiger partial charge in [0.1, 0.15) is 6.04 Å². The molecule has 4 aliphatic heterocycles. The predicted octanol–water partition coefficient (Wildman–Crippen LogP) is 0.0240. The second-order valence-electron chi connectivity index (χ2n) is 8.12. The second kappa shape index (κ2) is 6.49. The molecule has 3 unspecified atom stereocenters. The number of carbonyl (C=O) groups excluding carboxylic acids is 4. The third kappa shape index (κ3) is 2.75. The fourth-order valence-electron chi connectivity index (χ4n) is 4.97. The Balaban J connectivity index is 1.42. The van der Waals surface area contributed by atoms with Crippen LogP contribution in [0, 0.1) is 0 Å². The summed E-state index contributed by atoms with van der Waals surface area (Å²) in [7, 11) is 0. The number of hydrogen-bond donors (Lipinski definition) is 2. The van der Waals surface area contributed by atoms with E-state index in [4.69, 9.17) is 0 Å². The quantitative estimate of drug-likeness (QED) is 0.716. The molecule has 146 valence electrons. The van der Waals surface area contributed by atoms with E-state index in [-0.39, 0.29) is 18.7 Å². The number of imide groups is 2. The summed E-state index contributed by atoms with van der Waals surface area (Å²) >= 11 is 0. The van der Waals surface area contributed by atoms with Crippen LogP contribution in [0.1, 0.15) is 52.0 Å². The molecule has 4 aliphatic rings. The molecule has 3 saturated heterocycles. The summed E-state index contributed by atoms with van der Waals surface area (Å²) in [6.07, 6.45) is 2.65. The van der Waals surface area contributed by atoms with Crippen LogP contribution in [0.5, 0.6) is 0 Å². The van der Waals surface area contributed by atoms with Crippen LogP contribution >= 0.6 is 0 Å². The number of rotatable bonds is 3. The maximum absolute atomic E-state index is 13.1. The Morgan fingerprint density at radius 3 is 2.43 bits per heavy atom. The molecule has 0 saturated carbocycles. The monoisotopic (exact) mass is 382 g/mol. The van der Waals surface area contributed by atoms with Crippen LogP contribution in [-0.2, 0) is 16.1 Å². The van der Waals surface area contributed by atoms with Gasteiger partial charge in [-0.05, 0) is 30.9 Å². The molecule has 2 N–H and O–H groups in total. The summed E-state index contributed by atoms with van der Waals surface area (Å²) in [5.41, 5.74) is 1.58. The number of piperazine rings is 1. The third-order valence-electron chi connectivity index (χ3n) is 6.24. The molecule has 0 aromatic heterocycles. The minimum Gasteiger partial charge on any atom is -0.309 e. The van der Waals surface area contributed by atoms with Crippen LogP contribution in [0.4, 0.5) is 0 Å². The number of hydrogen-bond acceptors (Lipinski definition) is 6. The van der Waals surface area contributed by atoms with Crippen molar-refractivity contribution in [2.45, 2.75) is 50.4 Å². The Morgan fingerprint density at radius 1 is 0.964 bits per heavy atom. The molecule has 4 amide bonds. The van der Waals surface area contributed by atoms with Gasteiger partial charge in [0.25, 0.3) is 11.8 Å². The summed E-state index contributed by atoms with van der Waals surface area (Å²) in [6.45, 7) is 2.47. The average molecular weight is 382 g/mol. The highest BCUT2D eigenvalue weighted by atomic mass is 16.2. The first-order valence-corrected chi connectivity index (χ1v) is 9.83. The number of nitrogens with zero attached hydrogens (tertiary/aromatic N) is 2. The van der Waals surface area contributed by atoms with Crippen molar-refractivity contribution in [3.63, 3.8) is 0 Å². The average Bonchev–Trinajstić information content (AvgIpc) is 3.13.